The van der Waals surface area contributed by atoms with Crippen molar-refractivity contribution in [2.75, 3.05) is 5.73 Å². The summed E-state index contributed by atoms with van der Waals surface area (Å²) in [5.41, 5.74) is 7.48. The van der Waals surface area contributed by atoms with Crippen LogP contribution in [0.1, 0.15) is 0 Å². The van der Waals surface area contributed by atoms with Gasteiger partial charge in [0, 0.05) is 18.0 Å². The summed E-state index contributed by atoms with van der Waals surface area (Å²) in [6.45, 7) is 0. The van der Waals surface area contributed by atoms with Gasteiger partial charge in [0.1, 0.15) is 0 Å². The molecule has 3 aromatic rings. The molecule has 18 heavy (non-hydrogen) atoms. The van der Waals surface area contributed by atoms with Crippen LogP contribution in [0.25, 0.3) is 21.8 Å². The van der Waals surface area contributed by atoms with E-state index >= 15 is 0 Å². The maximum absolute atomic E-state index is 5.93. The van der Waals surface area contributed by atoms with E-state index in [1.54, 1.807) is 12.4 Å². The Bertz CT molecular complexity index is 678. The van der Waals surface area contributed by atoms with Crippen molar-refractivity contribution in [2.45, 2.75) is 0 Å². The van der Waals surface area contributed by atoms with E-state index < -0.39 is 0 Å². The van der Waals surface area contributed by atoms with Gasteiger partial charge in [0.05, 0.1) is 14.8 Å². The highest BCUT2D eigenvalue weighted by Gasteiger charge is 2.18. The van der Waals surface area contributed by atoms with Gasteiger partial charge in [0.15, 0.2) is 11.6 Å². The van der Waals surface area contributed by atoms with Crippen molar-refractivity contribution in [1.29, 1.82) is 0 Å². The molecule has 0 unspecified atom stereocenters. The lowest BCUT2D eigenvalue weighted by atomic mass is 10.1. The van der Waals surface area contributed by atoms with Crippen molar-refractivity contribution in [3.05, 3.63) is 41.0 Å². The average molecular weight is 278 g/mol. The second-order valence-electron chi connectivity index (χ2n) is 3.62. The second kappa shape index (κ2) is 4.44. The van der Waals surface area contributed by atoms with E-state index in [1.807, 2.05) is 24.3 Å². The minimum absolute atomic E-state index is 0.350. The third-order valence-corrected chi connectivity index (χ3v) is 3.70. The lowest BCUT2D eigenvalue weighted by Crippen LogP contribution is -1.88. The number of aromatic nitrogens is 2. The minimum Gasteiger partial charge on any atom is -0.380 e. The standard InChI is InChI=1S/C12H8ClN3OS/c13-9-4-3-8(18-9)11-10(12(14)16-17-11)7-2-1-5-15-6-7/h1-6H,(H2,14,16). The fourth-order valence-corrected chi connectivity index (χ4v) is 2.72. The molecule has 0 saturated heterocycles. The van der Waals surface area contributed by atoms with E-state index in [1.165, 1.54) is 11.3 Å². The van der Waals surface area contributed by atoms with Gasteiger partial charge < -0.3 is 10.3 Å². The highest BCUT2D eigenvalue weighted by Crippen LogP contribution is 2.40. The Balaban J connectivity index is 2.18. The van der Waals surface area contributed by atoms with Crippen LogP contribution in [0.2, 0.25) is 4.34 Å². The van der Waals surface area contributed by atoms with Crippen molar-refractivity contribution in [2.24, 2.45) is 0 Å². The maximum Gasteiger partial charge on any atom is 0.186 e. The molecule has 0 atom stereocenters. The molecule has 0 aromatic carbocycles. The highest BCUT2D eigenvalue weighted by atomic mass is 35.5. The molecule has 0 spiro atoms. The largest absolute Gasteiger partial charge is 0.380 e. The van der Waals surface area contributed by atoms with E-state index in [0.29, 0.717) is 15.9 Å². The average Bonchev–Trinajstić information content (AvgIpc) is 2.96. The molecule has 0 aliphatic carbocycles. The molecule has 2 N–H and O–H groups in total. The third kappa shape index (κ3) is 1.87. The summed E-state index contributed by atoms with van der Waals surface area (Å²) in [5.74, 6) is 0.972. The molecule has 90 valence electrons. The Hall–Kier alpha value is -1.85. The summed E-state index contributed by atoms with van der Waals surface area (Å²) in [4.78, 5) is 4.97. The van der Waals surface area contributed by atoms with Crippen LogP contribution >= 0.6 is 22.9 Å². The van der Waals surface area contributed by atoms with E-state index in [0.717, 1.165) is 16.0 Å². The van der Waals surface area contributed by atoms with Gasteiger partial charge in [-0.1, -0.05) is 22.8 Å². The van der Waals surface area contributed by atoms with Gasteiger partial charge in [-0.25, -0.2) is 0 Å². The normalized spacial score (nSPS) is 10.7. The molecule has 0 saturated carbocycles. The van der Waals surface area contributed by atoms with E-state index in [4.69, 9.17) is 21.9 Å². The molecular formula is C12H8ClN3OS. The molecule has 0 bridgehead atoms. The molecule has 3 heterocycles. The number of hydrogen-bond acceptors (Lipinski definition) is 5. The first-order valence-corrected chi connectivity index (χ1v) is 6.36. The van der Waals surface area contributed by atoms with Crippen molar-refractivity contribution in [3.63, 3.8) is 0 Å². The Morgan fingerprint density at radius 1 is 1.28 bits per heavy atom. The van der Waals surface area contributed by atoms with Gasteiger partial charge in [0.25, 0.3) is 0 Å². The number of thiophene rings is 1. The number of nitrogen functional groups attached to an aromatic ring is 1. The van der Waals surface area contributed by atoms with Crippen LogP contribution in [0.15, 0.2) is 41.2 Å². The highest BCUT2D eigenvalue weighted by molar-refractivity contribution is 7.19. The molecule has 0 amide bonds. The number of pyridine rings is 1. The molecule has 4 nitrogen and oxygen atoms in total. The van der Waals surface area contributed by atoms with Crippen LogP contribution in [0.4, 0.5) is 5.82 Å². The zero-order valence-corrected chi connectivity index (χ0v) is 10.7. The second-order valence-corrected chi connectivity index (χ2v) is 5.33. The van der Waals surface area contributed by atoms with Crippen molar-refractivity contribution < 1.29 is 4.52 Å². The lowest BCUT2D eigenvalue weighted by Gasteiger charge is -1.99. The monoisotopic (exact) mass is 277 g/mol. The summed E-state index contributed by atoms with van der Waals surface area (Å²) in [6.07, 6.45) is 3.43. The van der Waals surface area contributed by atoms with E-state index in [2.05, 4.69) is 10.1 Å². The summed E-state index contributed by atoms with van der Waals surface area (Å²) in [7, 11) is 0. The molecular weight excluding hydrogens is 270 g/mol. The van der Waals surface area contributed by atoms with Crippen molar-refractivity contribution in [3.8, 4) is 21.8 Å². The molecule has 0 fully saturated rings. The first-order chi connectivity index (χ1) is 8.75. The van der Waals surface area contributed by atoms with Crippen LogP contribution < -0.4 is 5.73 Å². The van der Waals surface area contributed by atoms with E-state index in [-0.39, 0.29) is 0 Å². The molecule has 0 aliphatic heterocycles. The number of halogens is 1. The Morgan fingerprint density at radius 3 is 2.83 bits per heavy atom. The molecule has 3 rings (SSSR count). The van der Waals surface area contributed by atoms with Crippen LogP contribution in [-0.4, -0.2) is 10.1 Å². The van der Waals surface area contributed by atoms with Gasteiger partial charge >= 0.3 is 0 Å². The van der Waals surface area contributed by atoms with Gasteiger partial charge in [0.2, 0.25) is 0 Å². The Morgan fingerprint density at radius 2 is 2.17 bits per heavy atom. The molecule has 6 heteroatoms. The predicted molar refractivity (Wildman–Crippen MR) is 72.5 cm³/mol. The number of hydrogen-bond donors (Lipinski definition) is 1. The van der Waals surface area contributed by atoms with Crippen molar-refractivity contribution >= 4 is 28.8 Å². The van der Waals surface area contributed by atoms with Gasteiger partial charge in [-0.05, 0) is 18.2 Å². The topological polar surface area (TPSA) is 64.9 Å². The fourth-order valence-electron chi connectivity index (χ4n) is 1.70. The fraction of sp³-hybridized carbons (Fsp3) is 0. The minimum atomic E-state index is 0.350. The van der Waals surface area contributed by atoms with Crippen LogP contribution in [-0.2, 0) is 0 Å². The van der Waals surface area contributed by atoms with Crippen LogP contribution in [0.5, 0.6) is 0 Å². The quantitative estimate of drug-likeness (QED) is 0.776. The number of nitrogens with two attached hydrogens (primary N) is 1. The lowest BCUT2D eigenvalue weighted by molar-refractivity contribution is 0.437. The third-order valence-electron chi connectivity index (χ3n) is 2.47. The maximum atomic E-state index is 5.93. The molecule has 0 aliphatic rings. The van der Waals surface area contributed by atoms with Crippen LogP contribution in [0.3, 0.4) is 0 Å². The number of nitrogens with zero attached hydrogens (tertiary/aromatic N) is 2. The summed E-state index contributed by atoms with van der Waals surface area (Å²) < 4.78 is 5.99. The van der Waals surface area contributed by atoms with Crippen LogP contribution in [0, 0.1) is 0 Å². The van der Waals surface area contributed by atoms with Crippen molar-refractivity contribution in [1.82, 2.24) is 10.1 Å². The predicted octanol–water partition coefficient (Wildman–Crippen LogP) is 3.70. The van der Waals surface area contributed by atoms with Gasteiger partial charge in [-0.3, -0.25) is 4.98 Å². The Labute approximate surface area is 112 Å². The zero-order chi connectivity index (χ0) is 12.5. The SMILES string of the molecule is Nc1noc(-c2ccc(Cl)s2)c1-c1cccnc1. The summed E-state index contributed by atoms with van der Waals surface area (Å²) in [6, 6.07) is 7.45. The summed E-state index contributed by atoms with van der Waals surface area (Å²) in [5, 5.41) is 3.82. The van der Waals surface area contributed by atoms with Gasteiger partial charge in [-0.15, -0.1) is 11.3 Å². The smallest absolute Gasteiger partial charge is 0.186 e. The molecule has 3 aromatic heterocycles. The van der Waals surface area contributed by atoms with Gasteiger partial charge in [-0.2, -0.15) is 0 Å². The number of anilines is 1. The summed E-state index contributed by atoms with van der Waals surface area (Å²) >= 11 is 7.35. The first-order valence-electron chi connectivity index (χ1n) is 5.17. The zero-order valence-electron chi connectivity index (χ0n) is 9.13. The number of rotatable bonds is 2. The van der Waals surface area contributed by atoms with E-state index in [9.17, 15) is 0 Å². The Kier molecular flexibility index (Phi) is 2.77. The molecule has 0 radical (unpaired) electrons. The first kappa shape index (κ1) is 11.3.